The van der Waals surface area contributed by atoms with Gasteiger partial charge in [-0.2, -0.15) is 0 Å². The Kier molecular flexibility index (Phi) is 2.15. The molecule has 0 aromatic heterocycles. The minimum Gasteiger partial charge on any atom is -0.453 e. The van der Waals surface area contributed by atoms with Gasteiger partial charge in [-0.3, -0.25) is 0 Å². The molecule has 2 unspecified atom stereocenters. The zero-order valence-electron chi connectivity index (χ0n) is 7.90. The lowest BCUT2D eigenvalue weighted by Crippen LogP contribution is -2.32. The summed E-state index contributed by atoms with van der Waals surface area (Å²) >= 11 is 0. The van der Waals surface area contributed by atoms with E-state index in [2.05, 4.69) is 4.74 Å². The fraction of sp³-hybridized carbons (Fsp3) is 0.889. The summed E-state index contributed by atoms with van der Waals surface area (Å²) in [6, 6.07) is 0.159. The largest absolute Gasteiger partial charge is 0.453 e. The molecule has 74 valence electrons. The van der Waals surface area contributed by atoms with Gasteiger partial charge in [-0.25, -0.2) is 4.79 Å². The number of amides is 1. The van der Waals surface area contributed by atoms with Gasteiger partial charge in [0.05, 0.1) is 7.11 Å². The maximum atomic E-state index is 11.2. The first kappa shape index (κ1) is 8.81. The minimum atomic E-state index is -0.237. The summed E-state index contributed by atoms with van der Waals surface area (Å²) in [5, 5.41) is 0. The van der Waals surface area contributed by atoms with Crippen LogP contribution in [-0.4, -0.2) is 37.2 Å². The van der Waals surface area contributed by atoms with Gasteiger partial charge in [0.1, 0.15) is 0 Å². The molecule has 0 radical (unpaired) electrons. The Bertz CT molecular complexity index is 216. The number of rotatable bonds is 1. The fourth-order valence-corrected chi connectivity index (χ4v) is 2.16. The maximum absolute atomic E-state index is 11.2. The number of likely N-dealkylation sites (tertiary alicyclic amines) is 1. The van der Waals surface area contributed by atoms with Crippen LogP contribution in [0.2, 0.25) is 0 Å². The molecule has 4 nitrogen and oxygen atoms in total. The van der Waals surface area contributed by atoms with E-state index in [9.17, 15) is 4.79 Å². The summed E-state index contributed by atoms with van der Waals surface area (Å²) in [4.78, 5) is 12.9. The van der Waals surface area contributed by atoms with Crippen molar-refractivity contribution in [2.75, 3.05) is 20.2 Å². The molecule has 2 fully saturated rings. The third-order valence-corrected chi connectivity index (χ3v) is 3.07. The Morgan fingerprint density at radius 3 is 2.69 bits per heavy atom. The van der Waals surface area contributed by atoms with E-state index in [1.807, 2.05) is 0 Å². The summed E-state index contributed by atoms with van der Waals surface area (Å²) in [6.07, 6.45) is 2.33. The monoisotopic (exact) mass is 184 g/mol. The summed E-state index contributed by atoms with van der Waals surface area (Å²) in [5.74, 6) is 1.28. The summed E-state index contributed by atoms with van der Waals surface area (Å²) < 4.78 is 4.66. The Labute approximate surface area is 78.0 Å². The van der Waals surface area contributed by atoms with Gasteiger partial charge in [-0.1, -0.05) is 0 Å². The molecule has 2 N–H and O–H groups in total. The minimum absolute atomic E-state index is 0.159. The lowest BCUT2D eigenvalue weighted by atomic mass is 9.99. The standard InChI is InChI=1S/C9H16N2O2/c1-13-9(12)11-4-7(6-2-3-6)8(10)5-11/h6-8H,2-5,10H2,1H3. The lowest BCUT2D eigenvalue weighted by Gasteiger charge is -2.13. The fourth-order valence-electron chi connectivity index (χ4n) is 2.16. The van der Waals surface area contributed by atoms with Gasteiger partial charge in [0.2, 0.25) is 0 Å². The second-order valence-electron chi connectivity index (χ2n) is 4.04. The second kappa shape index (κ2) is 3.18. The van der Waals surface area contributed by atoms with Crippen LogP contribution in [0.25, 0.3) is 0 Å². The second-order valence-corrected chi connectivity index (χ2v) is 4.04. The Hall–Kier alpha value is -0.770. The van der Waals surface area contributed by atoms with Crippen LogP contribution in [0.5, 0.6) is 0 Å². The van der Waals surface area contributed by atoms with Gasteiger partial charge in [0.15, 0.2) is 0 Å². The SMILES string of the molecule is COC(=O)N1CC(N)C(C2CC2)C1. The molecule has 13 heavy (non-hydrogen) atoms. The van der Waals surface area contributed by atoms with Crippen molar-refractivity contribution in [3.05, 3.63) is 0 Å². The third-order valence-electron chi connectivity index (χ3n) is 3.07. The van der Waals surface area contributed by atoms with Crippen LogP contribution >= 0.6 is 0 Å². The highest BCUT2D eigenvalue weighted by Crippen LogP contribution is 2.40. The number of carbonyl (C=O) groups is 1. The first-order valence-electron chi connectivity index (χ1n) is 4.81. The van der Waals surface area contributed by atoms with Crippen LogP contribution in [0.4, 0.5) is 4.79 Å². The maximum Gasteiger partial charge on any atom is 0.409 e. The van der Waals surface area contributed by atoms with Gasteiger partial charge in [-0.05, 0) is 24.7 Å². The van der Waals surface area contributed by atoms with Crippen LogP contribution in [0.3, 0.4) is 0 Å². The van der Waals surface area contributed by atoms with E-state index in [1.165, 1.54) is 20.0 Å². The number of nitrogens with two attached hydrogens (primary N) is 1. The molecule has 0 aromatic rings. The van der Waals surface area contributed by atoms with Crippen LogP contribution in [0.1, 0.15) is 12.8 Å². The molecule has 1 saturated carbocycles. The number of ether oxygens (including phenoxy) is 1. The molecule has 2 rings (SSSR count). The van der Waals surface area contributed by atoms with E-state index in [1.54, 1.807) is 4.90 Å². The highest BCUT2D eigenvalue weighted by atomic mass is 16.5. The van der Waals surface area contributed by atoms with Crippen LogP contribution in [-0.2, 0) is 4.74 Å². The average molecular weight is 184 g/mol. The van der Waals surface area contributed by atoms with Gasteiger partial charge >= 0.3 is 6.09 Å². The van der Waals surface area contributed by atoms with Crippen molar-refractivity contribution in [2.45, 2.75) is 18.9 Å². The molecule has 1 amide bonds. The van der Waals surface area contributed by atoms with E-state index < -0.39 is 0 Å². The summed E-state index contributed by atoms with van der Waals surface area (Å²) in [6.45, 7) is 1.45. The van der Waals surface area contributed by atoms with Crippen molar-refractivity contribution in [3.8, 4) is 0 Å². The molecule has 0 spiro atoms. The topological polar surface area (TPSA) is 55.6 Å². The summed E-state index contributed by atoms with van der Waals surface area (Å²) in [7, 11) is 1.41. The predicted octanol–water partition coefficient (Wildman–Crippen LogP) is 0.422. The smallest absolute Gasteiger partial charge is 0.409 e. The first-order valence-corrected chi connectivity index (χ1v) is 4.81. The van der Waals surface area contributed by atoms with E-state index in [4.69, 9.17) is 5.73 Å². The molecule has 1 heterocycles. The molecular weight excluding hydrogens is 168 g/mol. The highest BCUT2D eigenvalue weighted by molar-refractivity contribution is 5.67. The van der Waals surface area contributed by atoms with Crippen molar-refractivity contribution >= 4 is 6.09 Å². The number of hydrogen-bond donors (Lipinski definition) is 1. The zero-order valence-corrected chi connectivity index (χ0v) is 7.90. The van der Waals surface area contributed by atoms with Gasteiger partial charge in [0, 0.05) is 19.1 Å². The van der Waals surface area contributed by atoms with Crippen molar-refractivity contribution in [2.24, 2.45) is 17.6 Å². The molecule has 0 bridgehead atoms. The van der Waals surface area contributed by atoms with Crippen molar-refractivity contribution < 1.29 is 9.53 Å². The normalized spacial score (nSPS) is 33.5. The van der Waals surface area contributed by atoms with Crippen LogP contribution < -0.4 is 5.73 Å². The molecule has 0 aromatic carbocycles. The van der Waals surface area contributed by atoms with Gasteiger partial charge < -0.3 is 15.4 Å². The van der Waals surface area contributed by atoms with Crippen molar-refractivity contribution in [1.29, 1.82) is 0 Å². The average Bonchev–Trinajstić information content (AvgIpc) is 2.89. The number of nitrogens with zero attached hydrogens (tertiary/aromatic N) is 1. The molecule has 2 aliphatic rings. The predicted molar refractivity (Wildman–Crippen MR) is 48.2 cm³/mol. The number of methoxy groups -OCH3 is 1. The Morgan fingerprint density at radius 2 is 2.15 bits per heavy atom. The van der Waals surface area contributed by atoms with Crippen molar-refractivity contribution in [3.63, 3.8) is 0 Å². The Morgan fingerprint density at radius 1 is 1.46 bits per heavy atom. The number of hydrogen-bond acceptors (Lipinski definition) is 3. The molecule has 1 saturated heterocycles. The van der Waals surface area contributed by atoms with Crippen molar-refractivity contribution in [1.82, 2.24) is 4.90 Å². The Balaban J connectivity index is 1.93. The molecule has 4 heteroatoms. The van der Waals surface area contributed by atoms with E-state index >= 15 is 0 Å². The van der Waals surface area contributed by atoms with E-state index in [0.717, 1.165) is 12.5 Å². The van der Waals surface area contributed by atoms with Gasteiger partial charge in [-0.15, -0.1) is 0 Å². The zero-order chi connectivity index (χ0) is 9.42. The molecule has 2 atom stereocenters. The molecular formula is C9H16N2O2. The highest BCUT2D eigenvalue weighted by Gasteiger charge is 2.42. The van der Waals surface area contributed by atoms with Gasteiger partial charge in [0.25, 0.3) is 0 Å². The lowest BCUT2D eigenvalue weighted by molar-refractivity contribution is 0.131. The molecule has 1 aliphatic heterocycles. The van der Waals surface area contributed by atoms with E-state index in [-0.39, 0.29) is 12.1 Å². The van der Waals surface area contributed by atoms with Crippen LogP contribution in [0.15, 0.2) is 0 Å². The summed E-state index contributed by atoms with van der Waals surface area (Å²) in [5.41, 5.74) is 5.95. The number of carbonyl (C=O) groups excluding carboxylic acids is 1. The first-order chi connectivity index (χ1) is 6.22. The van der Waals surface area contributed by atoms with Crippen LogP contribution in [0, 0.1) is 11.8 Å². The molecule has 1 aliphatic carbocycles. The third kappa shape index (κ3) is 1.63. The quantitative estimate of drug-likeness (QED) is 0.642. The van der Waals surface area contributed by atoms with E-state index in [0.29, 0.717) is 12.5 Å².